The molecule has 5 nitrogen and oxygen atoms in total. The SMILES string of the molecule is Cn1c(-c2ccc(N)cc2)cc2c(N3CCC(F)(F)CC3)ncnc21. The van der Waals surface area contributed by atoms with E-state index >= 15 is 0 Å². The lowest BCUT2D eigenvalue weighted by Crippen LogP contribution is -2.39. The molecule has 0 atom stereocenters. The molecule has 0 spiro atoms. The Kier molecular flexibility index (Phi) is 3.59. The molecule has 25 heavy (non-hydrogen) atoms. The molecular weight excluding hydrogens is 324 g/mol. The number of benzene rings is 1. The maximum absolute atomic E-state index is 13.5. The Morgan fingerprint density at radius 2 is 1.76 bits per heavy atom. The molecule has 7 heteroatoms. The largest absolute Gasteiger partial charge is 0.399 e. The van der Waals surface area contributed by atoms with Crippen molar-refractivity contribution in [1.29, 1.82) is 0 Å². The fourth-order valence-corrected chi connectivity index (χ4v) is 3.35. The summed E-state index contributed by atoms with van der Waals surface area (Å²) in [5.74, 6) is -1.85. The van der Waals surface area contributed by atoms with Gasteiger partial charge in [-0.05, 0) is 23.8 Å². The number of rotatable bonds is 2. The van der Waals surface area contributed by atoms with Crippen molar-refractivity contribution in [3.05, 3.63) is 36.7 Å². The van der Waals surface area contributed by atoms with Crippen molar-refractivity contribution in [1.82, 2.24) is 14.5 Å². The van der Waals surface area contributed by atoms with Crippen LogP contribution in [0.15, 0.2) is 36.7 Å². The third-order valence-electron chi connectivity index (χ3n) is 4.80. The van der Waals surface area contributed by atoms with Gasteiger partial charge in [-0.3, -0.25) is 0 Å². The monoisotopic (exact) mass is 343 g/mol. The summed E-state index contributed by atoms with van der Waals surface area (Å²) in [4.78, 5) is 10.7. The van der Waals surface area contributed by atoms with Gasteiger partial charge in [0.15, 0.2) is 0 Å². The Hall–Kier alpha value is -2.70. The van der Waals surface area contributed by atoms with E-state index in [0.29, 0.717) is 18.8 Å². The maximum Gasteiger partial charge on any atom is 0.251 e. The van der Waals surface area contributed by atoms with Gasteiger partial charge in [0.1, 0.15) is 17.8 Å². The molecule has 2 aromatic heterocycles. The number of nitrogens with zero attached hydrogens (tertiary/aromatic N) is 4. The van der Waals surface area contributed by atoms with Crippen molar-refractivity contribution >= 4 is 22.5 Å². The zero-order valence-corrected chi connectivity index (χ0v) is 13.9. The molecule has 0 radical (unpaired) electrons. The average Bonchev–Trinajstić information content (AvgIpc) is 2.93. The number of hydrogen-bond acceptors (Lipinski definition) is 4. The molecule has 1 fully saturated rings. The highest BCUT2D eigenvalue weighted by atomic mass is 19.3. The molecule has 0 amide bonds. The molecule has 0 aliphatic carbocycles. The minimum absolute atomic E-state index is 0.143. The third kappa shape index (κ3) is 2.79. The number of alkyl halides is 2. The Labute approximate surface area is 144 Å². The highest BCUT2D eigenvalue weighted by molar-refractivity contribution is 5.92. The van der Waals surface area contributed by atoms with Crippen molar-refractivity contribution in [2.45, 2.75) is 18.8 Å². The van der Waals surface area contributed by atoms with Gasteiger partial charge in [-0.2, -0.15) is 0 Å². The van der Waals surface area contributed by atoms with Gasteiger partial charge < -0.3 is 15.2 Å². The lowest BCUT2D eigenvalue weighted by molar-refractivity contribution is -0.0221. The Morgan fingerprint density at radius 3 is 2.44 bits per heavy atom. The Bertz CT molecular complexity index is 907. The Morgan fingerprint density at radius 1 is 1.08 bits per heavy atom. The smallest absolute Gasteiger partial charge is 0.251 e. The number of anilines is 2. The fraction of sp³-hybridized carbons (Fsp3) is 0.333. The van der Waals surface area contributed by atoms with E-state index in [0.717, 1.165) is 28.1 Å². The van der Waals surface area contributed by atoms with Crippen LogP contribution in [0, 0.1) is 0 Å². The standard InChI is InChI=1S/C18H19F2N5/c1-24-15(12-2-4-13(21)5-3-12)10-14-16(24)22-11-23-17(14)25-8-6-18(19,20)7-9-25/h2-5,10-11H,6-9,21H2,1H3. The van der Waals surface area contributed by atoms with Crippen molar-refractivity contribution < 1.29 is 8.78 Å². The second kappa shape index (κ2) is 5.68. The van der Waals surface area contributed by atoms with Gasteiger partial charge in [-0.15, -0.1) is 0 Å². The normalized spacial score (nSPS) is 17.2. The first-order valence-corrected chi connectivity index (χ1v) is 8.24. The first kappa shape index (κ1) is 15.8. The summed E-state index contributed by atoms with van der Waals surface area (Å²) in [6, 6.07) is 9.64. The van der Waals surface area contributed by atoms with Gasteiger partial charge in [0.25, 0.3) is 5.92 Å². The fourth-order valence-electron chi connectivity index (χ4n) is 3.35. The van der Waals surface area contributed by atoms with Gasteiger partial charge in [0.2, 0.25) is 0 Å². The number of halogens is 2. The van der Waals surface area contributed by atoms with Crippen LogP contribution in [0.1, 0.15) is 12.8 Å². The van der Waals surface area contributed by atoms with Crippen LogP contribution < -0.4 is 10.6 Å². The van der Waals surface area contributed by atoms with E-state index in [2.05, 4.69) is 9.97 Å². The summed E-state index contributed by atoms with van der Waals surface area (Å²) in [5, 5.41) is 0.877. The van der Waals surface area contributed by atoms with Crippen LogP contribution in [0.3, 0.4) is 0 Å². The molecular formula is C18H19F2N5. The summed E-state index contributed by atoms with van der Waals surface area (Å²) in [6.45, 7) is 0.594. The minimum atomic E-state index is -2.57. The van der Waals surface area contributed by atoms with Gasteiger partial charge in [0, 0.05) is 38.7 Å². The molecule has 3 heterocycles. The first-order valence-electron chi connectivity index (χ1n) is 8.24. The second-order valence-corrected chi connectivity index (χ2v) is 6.49. The zero-order chi connectivity index (χ0) is 17.6. The van der Waals surface area contributed by atoms with Crippen LogP contribution in [-0.4, -0.2) is 33.5 Å². The summed E-state index contributed by atoms with van der Waals surface area (Å²) in [6.07, 6.45) is 1.21. The van der Waals surface area contributed by atoms with Crippen molar-refractivity contribution in [2.75, 3.05) is 23.7 Å². The number of nitrogens with two attached hydrogens (primary N) is 1. The lowest BCUT2D eigenvalue weighted by Gasteiger charge is -2.32. The van der Waals surface area contributed by atoms with E-state index in [4.69, 9.17) is 5.73 Å². The van der Waals surface area contributed by atoms with Crippen LogP contribution in [-0.2, 0) is 7.05 Å². The van der Waals surface area contributed by atoms with Gasteiger partial charge in [-0.25, -0.2) is 18.7 Å². The molecule has 2 N–H and O–H groups in total. The molecule has 1 aliphatic rings. The molecule has 1 aliphatic heterocycles. The molecule has 4 rings (SSSR count). The minimum Gasteiger partial charge on any atom is -0.399 e. The van der Waals surface area contributed by atoms with E-state index in [1.807, 2.05) is 46.8 Å². The van der Waals surface area contributed by atoms with Crippen molar-refractivity contribution in [3.63, 3.8) is 0 Å². The average molecular weight is 343 g/mol. The lowest BCUT2D eigenvalue weighted by atomic mass is 10.1. The highest BCUT2D eigenvalue weighted by Crippen LogP contribution is 2.35. The highest BCUT2D eigenvalue weighted by Gasteiger charge is 2.35. The zero-order valence-electron chi connectivity index (χ0n) is 13.9. The van der Waals surface area contributed by atoms with Crippen molar-refractivity contribution in [3.8, 4) is 11.3 Å². The molecule has 0 unspecified atom stereocenters. The number of fused-ring (bicyclic) bond motifs is 1. The van der Waals surface area contributed by atoms with E-state index in [1.54, 1.807) is 0 Å². The predicted octanol–water partition coefficient (Wildman–Crippen LogP) is 3.45. The molecule has 1 aromatic carbocycles. The van der Waals surface area contributed by atoms with Gasteiger partial charge in [-0.1, -0.05) is 12.1 Å². The van der Waals surface area contributed by atoms with Crippen LogP contribution >= 0.6 is 0 Å². The third-order valence-corrected chi connectivity index (χ3v) is 4.80. The quantitative estimate of drug-likeness (QED) is 0.724. The predicted molar refractivity (Wildman–Crippen MR) is 94.8 cm³/mol. The maximum atomic E-state index is 13.5. The number of aryl methyl sites for hydroxylation is 1. The molecule has 0 saturated carbocycles. The first-order chi connectivity index (χ1) is 11.9. The van der Waals surface area contributed by atoms with Crippen LogP contribution in [0.25, 0.3) is 22.3 Å². The molecule has 130 valence electrons. The van der Waals surface area contributed by atoms with E-state index in [-0.39, 0.29) is 12.8 Å². The Balaban J connectivity index is 1.77. The number of piperidine rings is 1. The molecule has 3 aromatic rings. The van der Waals surface area contributed by atoms with Crippen LogP contribution in [0.5, 0.6) is 0 Å². The van der Waals surface area contributed by atoms with Gasteiger partial charge >= 0.3 is 0 Å². The summed E-state index contributed by atoms with van der Waals surface area (Å²) >= 11 is 0. The summed E-state index contributed by atoms with van der Waals surface area (Å²) in [5.41, 5.74) is 9.26. The molecule has 0 bridgehead atoms. The molecule has 1 saturated heterocycles. The summed E-state index contributed by atoms with van der Waals surface area (Å²) < 4.78 is 28.9. The topological polar surface area (TPSA) is 60.0 Å². The van der Waals surface area contributed by atoms with E-state index in [1.165, 1.54) is 6.33 Å². The number of aromatic nitrogens is 3. The second-order valence-electron chi connectivity index (χ2n) is 6.49. The van der Waals surface area contributed by atoms with Crippen molar-refractivity contribution in [2.24, 2.45) is 7.05 Å². The number of hydrogen-bond donors (Lipinski definition) is 1. The van der Waals surface area contributed by atoms with Gasteiger partial charge in [0.05, 0.1) is 11.1 Å². The van der Waals surface area contributed by atoms with E-state index in [9.17, 15) is 8.78 Å². The number of nitrogen functional groups attached to an aromatic ring is 1. The van der Waals surface area contributed by atoms with E-state index < -0.39 is 5.92 Å². The van der Waals surface area contributed by atoms with Crippen LogP contribution in [0.2, 0.25) is 0 Å². The summed E-state index contributed by atoms with van der Waals surface area (Å²) in [7, 11) is 1.94. The van der Waals surface area contributed by atoms with Crippen LogP contribution in [0.4, 0.5) is 20.3 Å².